The summed E-state index contributed by atoms with van der Waals surface area (Å²) in [6.45, 7) is 6.92. The van der Waals surface area contributed by atoms with Crippen molar-refractivity contribution in [3.05, 3.63) is 12.7 Å². The zero-order valence-electron chi connectivity index (χ0n) is 14.7. The highest BCUT2D eigenvalue weighted by Crippen LogP contribution is 2.13. The van der Waals surface area contributed by atoms with Crippen LogP contribution in [0, 0.1) is 0 Å². The third-order valence-electron chi connectivity index (χ3n) is 4.03. The molecular formula is C16H28N4O5. The van der Waals surface area contributed by atoms with Crippen molar-refractivity contribution in [2.24, 2.45) is 0 Å². The highest BCUT2D eigenvalue weighted by atomic mass is 16.4. The zero-order chi connectivity index (χ0) is 18.8. The second-order valence-electron chi connectivity index (χ2n) is 6.33. The van der Waals surface area contributed by atoms with Gasteiger partial charge in [0.05, 0.1) is 46.3 Å². The Balaban J connectivity index is 2.92. The molecule has 9 heteroatoms. The van der Waals surface area contributed by atoms with Gasteiger partial charge in [0.15, 0.2) is 0 Å². The lowest BCUT2D eigenvalue weighted by atomic mass is 10.1. The molecule has 1 atom stereocenters. The average Bonchev–Trinajstić information content (AvgIpc) is 2.48. The molecule has 0 aliphatic carbocycles. The van der Waals surface area contributed by atoms with Crippen molar-refractivity contribution in [1.29, 1.82) is 0 Å². The number of aldehydes is 1. The maximum absolute atomic E-state index is 11.1. The summed E-state index contributed by atoms with van der Waals surface area (Å²) in [5.41, 5.74) is 0. The van der Waals surface area contributed by atoms with Crippen molar-refractivity contribution < 1.29 is 24.6 Å². The number of carboxylic acids is 2. The fraction of sp³-hybridized carbons (Fsp3) is 0.688. The fourth-order valence-electron chi connectivity index (χ4n) is 2.88. The molecule has 9 nitrogen and oxygen atoms in total. The largest absolute Gasteiger partial charge is 0.480 e. The quantitative estimate of drug-likeness (QED) is 0.405. The van der Waals surface area contributed by atoms with E-state index in [1.54, 1.807) is 9.80 Å². The van der Waals surface area contributed by atoms with E-state index in [-0.39, 0.29) is 39.0 Å². The Bertz CT molecular complexity index is 473. The molecule has 25 heavy (non-hydrogen) atoms. The van der Waals surface area contributed by atoms with Gasteiger partial charge in [-0.2, -0.15) is 0 Å². The molecule has 1 rings (SSSR count). The molecule has 1 fully saturated rings. The minimum absolute atomic E-state index is 0.172. The number of carbonyl (C=O) groups is 3. The molecule has 0 saturated carbocycles. The summed E-state index contributed by atoms with van der Waals surface area (Å²) >= 11 is 0. The van der Waals surface area contributed by atoms with Gasteiger partial charge < -0.3 is 15.0 Å². The summed E-state index contributed by atoms with van der Waals surface area (Å²) in [6, 6.07) is 0.175. The Morgan fingerprint density at radius 1 is 1.04 bits per heavy atom. The molecule has 1 aliphatic rings. The lowest BCUT2D eigenvalue weighted by Crippen LogP contribution is -2.58. The number of nitrogens with zero attached hydrogens (tertiary/aromatic N) is 4. The molecule has 0 amide bonds. The minimum atomic E-state index is -0.988. The van der Waals surface area contributed by atoms with Crippen LogP contribution >= 0.6 is 0 Å². The molecule has 1 aliphatic heterocycles. The van der Waals surface area contributed by atoms with Crippen LogP contribution in [0.4, 0.5) is 0 Å². The average molecular weight is 356 g/mol. The summed E-state index contributed by atoms with van der Waals surface area (Å²) in [5.74, 6) is -1.95. The van der Waals surface area contributed by atoms with Gasteiger partial charge in [-0.05, 0) is 19.8 Å². The number of carboxylic acid groups (broad SMARTS) is 2. The maximum atomic E-state index is 11.1. The molecule has 0 aromatic rings. The fourth-order valence-corrected chi connectivity index (χ4v) is 2.88. The first-order chi connectivity index (χ1) is 11.8. The van der Waals surface area contributed by atoms with Crippen LogP contribution in [0.5, 0.6) is 0 Å². The Morgan fingerprint density at radius 2 is 1.56 bits per heavy atom. The highest BCUT2D eigenvalue weighted by molar-refractivity contribution is 5.69. The van der Waals surface area contributed by atoms with Gasteiger partial charge in [0, 0.05) is 6.04 Å². The molecular weight excluding hydrogens is 328 g/mol. The number of carbonyl (C=O) groups excluding carboxylic acids is 1. The second-order valence-corrected chi connectivity index (χ2v) is 6.33. The summed E-state index contributed by atoms with van der Waals surface area (Å²) in [6.07, 6.45) is 4.35. The highest BCUT2D eigenvalue weighted by Gasteiger charge is 2.27. The summed E-state index contributed by atoms with van der Waals surface area (Å²) in [5, 5.41) is 18.2. The Kier molecular flexibility index (Phi) is 9.28. The van der Waals surface area contributed by atoms with Crippen LogP contribution in [0.1, 0.15) is 19.8 Å². The van der Waals surface area contributed by atoms with E-state index in [0.717, 1.165) is 19.1 Å². The predicted octanol–water partition coefficient (Wildman–Crippen LogP) is -0.239. The maximum Gasteiger partial charge on any atom is 0.317 e. The standard InChI is InChI=1S/C16H28N4O5/c1-3-4-5-14(2)20-12-17(6-7-21)10-18(8-15(22)23)11-19(13-20)9-16(24)25/h3,7,14H,1,4-6,8-13H2,2H3,(H,22,23)(H,24,25). The monoisotopic (exact) mass is 356 g/mol. The second kappa shape index (κ2) is 10.9. The predicted molar refractivity (Wildman–Crippen MR) is 91.7 cm³/mol. The smallest absolute Gasteiger partial charge is 0.317 e. The lowest BCUT2D eigenvalue weighted by Gasteiger charge is -2.43. The number of hydrogen-bond donors (Lipinski definition) is 2. The molecule has 0 spiro atoms. The van der Waals surface area contributed by atoms with Gasteiger partial charge in [0.25, 0.3) is 0 Å². The van der Waals surface area contributed by atoms with Crippen molar-refractivity contribution in [2.75, 3.05) is 46.3 Å². The van der Waals surface area contributed by atoms with Crippen molar-refractivity contribution >= 4 is 18.2 Å². The number of hydrogen-bond acceptors (Lipinski definition) is 7. The van der Waals surface area contributed by atoms with Gasteiger partial charge >= 0.3 is 11.9 Å². The molecule has 0 aromatic heterocycles. The molecule has 1 unspecified atom stereocenters. The van der Waals surface area contributed by atoms with Gasteiger partial charge in [-0.1, -0.05) is 6.08 Å². The lowest BCUT2D eigenvalue weighted by molar-refractivity contribution is -0.143. The molecule has 2 N–H and O–H groups in total. The van der Waals surface area contributed by atoms with E-state index in [1.165, 1.54) is 0 Å². The molecule has 1 saturated heterocycles. The zero-order valence-corrected chi connectivity index (χ0v) is 14.7. The van der Waals surface area contributed by atoms with Crippen molar-refractivity contribution in [2.45, 2.75) is 25.8 Å². The topological polar surface area (TPSA) is 105 Å². The van der Waals surface area contributed by atoms with E-state index < -0.39 is 11.9 Å². The van der Waals surface area contributed by atoms with Crippen molar-refractivity contribution in [3.63, 3.8) is 0 Å². The van der Waals surface area contributed by atoms with E-state index in [9.17, 15) is 14.4 Å². The first-order valence-corrected chi connectivity index (χ1v) is 8.25. The van der Waals surface area contributed by atoms with Gasteiger partial charge in [-0.15, -0.1) is 6.58 Å². The van der Waals surface area contributed by atoms with Crippen molar-refractivity contribution in [3.8, 4) is 0 Å². The van der Waals surface area contributed by atoms with Crippen LogP contribution in [0.25, 0.3) is 0 Å². The SMILES string of the molecule is C=CCCC(C)N1CN(CC=O)CN(CC(=O)O)CN(CC(=O)O)C1. The summed E-state index contributed by atoms with van der Waals surface area (Å²) in [7, 11) is 0. The molecule has 1 heterocycles. The van der Waals surface area contributed by atoms with Gasteiger partial charge in [-0.25, -0.2) is 0 Å². The summed E-state index contributed by atoms with van der Waals surface area (Å²) in [4.78, 5) is 40.5. The minimum Gasteiger partial charge on any atom is -0.480 e. The Morgan fingerprint density at radius 3 is 2.08 bits per heavy atom. The number of aliphatic carboxylic acids is 2. The normalized spacial score (nSPS) is 19.7. The van der Waals surface area contributed by atoms with E-state index >= 15 is 0 Å². The van der Waals surface area contributed by atoms with Crippen LogP contribution < -0.4 is 0 Å². The first-order valence-electron chi connectivity index (χ1n) is 8.25. The van der Waals surface area contributed by atoms with Crippen LogP contribution in [0.3, 0.4) is 0 Å². The Hall–Kier alpha value is -1.81. The van der Waals surface area contributed by atoms with Gasteiger partial charge in [-0.3, -0.25) is 29.2 Å². The van der Waals surface area contributed by atoms with Gasteiger partial charge in [0.2, 0.25) is 0 Å². The van der Waals surface area contributed by atoms with Crippen LogP contribution in [-0.2, 0) is 14.4 Å². The third kappa shape index (κ3) is 8.21. The van der Waals surface area contributed by atoms with E-state index in [2.05, 4.69) is 18.4 Å². The third-order valence-corrected chi connectivity index (χ3v) is 4.03. The van der Waals surface area contributed by atoms with Gasteiger partial charge in [0.1, 0.15) is 6.29 Å². The number of rotatable bonds is 10. The molecule has 142 valence electrons. The number of allylic oxidation sites excluding steroid dienone is 1. The van der Waals surface area contributed by atoms with Crippen LogP contribution in [0.15, 0.2) is 12.7 Å². The summed E-state index contributed by atoms with van der Waals surface area (Å²) < 4.78 is 0. The van der Waals surface area contributed by atoms with Crippen LogP contribution in [0.2, 0.25) is 0 Å². The molecule has 0 aromatic carbocycles. The van der Waals surface area contributed by atoms with E-state index in [1.807, 2.05) is 11.0 Å². The van der Waals surface area contributed by atoms with Crippen molar-refractivity contribution in [1.82, 2.24) is 19.6 Å². The molecule has 0 radical (unpaired) electrons. The molecule has 0 bridgehead atoms. The van der Waals surface area contributed by atoms with Crippen LogP contribution in [-0.4, -0.2) is 100 Å². The van der Waals surface area contributed by atoms with E-state index in [4.69, 9.17) is 10.2 Å². The van der Waals surface area contributed by atoms with E-state index in [0.29, 0.717) is 13.3 Å². The first kappa shape index (κ1) is 21.2. The Labute approximate surface area is 148 Å².